The molecule has 0 aliphatic rings. The van der Waals surface area contributed by atoms with E-state index in [0.29, 0.717) is 5.56 Å². The Bertz CT molecular complexity index is 438. The number of oxime groups is 1. The molecule has 0 saturated carbocycles. The highest BCUT2D eigenvalue weighted by Gasteiger charge is 2.42. The number of alkyl halides is 3. The quantitative estimate of drug-likeness (QED) is 0.482. The number of Topliss-reactive ketones (excluding diaryl/α,β-unsaturated/α-hetero) is 1. The zero-order valence-corrected chi connectivity index (χ0v) is 8.25. The third-order valence-corrected chi connectivity index (χ3v) is 1.97. The standard InChI is InChI=1S/C10H8F3NO2/c1-6-4-2-3-5-7(6)8(14-16)9(15)10(11,12)13/h2-5,16H,1H3/b14-8+. The molecule has 0 aliphatic heterocycles. The van der Waals surface area contributed by atoms with Crippen LogP contribution in [0.2, 0.25) is 0 Å². The smallest absolute Gasteiger partial charge is 0.410 e. The predicted octanol–water partition coefficient (Wildman–Crippen LogP) is 2.30. The molecule has 16 heavy (non-hydrogen) atoms. The number of aryl methyl sites for hydroxylation is 1. The van der Waals surface area contributed by atoms with Gasteiger partial charge in [-0.25, -0.2) is 0 Å². The highest BCUT2D eigenvalue weighted by atomic mass is 19.4. The van der Waals surface area contributed by atoms with Gasteiger partial charge in [0.05, 0.1) is 0 Å². The van der Waals surface area contributed by atoms with Crippen LogP contribution in [0.15, 0.2) is 29.4 Å². The zero-order valence-electron chi connectivity index (χ0n) is 8.25. The third kappa shape index (κ3) is 2.39. The van der Waals surface area contributed by atoms with E-state index in [9.17, 15) is 18.0 Å². The summed E-state index contributed by atoms with van der Waals surface area (Å²) in [6.07, 6.45) is -5.05. The van der Waals surface area contributed by atoms with Crippen LogP contribution in [0.4, 0.5) is 13.2 Å². The molecule has 0 amide bonds. The number of hydrogen-bond donors (Lipinski definition) is 1. The molecule has 1 rings (SSSR count). The average Bonchev–Trinajstić information content (AvgIpc) is 2.20. The maximum absolute atomic E-state index is 12.2. The first kappa shape index (κ1) is 12.2. The molecule has 0 fully saturated rings. The van der Waals surface area contributed by atoms with Gasteiger partial charge in [-0.3, -0.25) is 4.79 Å². The molecule has 0 aromatic heterocycles. The third-order valence-electron chi connectivity index (χ3n) is 1.97. The molecule has 3 nitrogen and oxygen atoms in total. The Hall–Kier alpha value is -1.85. The molecule has 0 bridgehead atoms. The summed E-state index contributed by atoms with van der Waals surface area (Å²) in [5, 5.41) is 10.9. The van der Waals surface area contributed by atoms with Gasteiger partial charge < -0.3 is 5.21 Å². The lowest BCUT2D eigenvalue weighted by Gasteiger charge is -2.08. The maximum Gasteiger partial charge on any atom is 0.456 e. The maximum atomic E-state index is 12.2. The van der Waals surface area contributed by atoms with E-state index in [1.165, 1.54) is 25.1 Å². The fraction of sp³-hybridized carbons (Fsp3) is 0.200. The van der Waals surface area contributed by atoms with E-state index >= 15 is 0 Å². The van der Waals surface area contributed by atoms with E-state index in [2.05, 4.69) is 5.16 Å². The van der Waals surface area contributed by atoms with Gasteiger partial charge >= 0.3 is 6.18 Å². The molecule has 0 heterocycles. The lowest BCUT2D eigenvalue weighted by molar-refractivity contribution is -0.163. The molecule has 0 saturated heterocycles. The van der Waals surface area contributed by atoms with Crippen LogP contribution in [0.3, 0.4) is 0 Å². The van der Waals surface area contributed by atoms with E-state index in [4.69, 9.17) is 5.21 Å². The zero-order chi connectivity index (χ0) is 12.3. The number of carbonyl (C=O) groups is 1. The van der Waals surface area contributed by atoms with Crippen molar-refractivity contribution in [2.75, 3.05) is 0 Å². The minimum absolute atomic E-state index is 0.0349. The van der Waals surface area contributed by atoms with Crippen molar-refractivity contribution in [3.63, 3.8) is 0 Å². The molecule has 1 aromatic carbocycles. The summed E-state index contributed by atoms with van der Waals surface area (Å²) < 4.78 is 36.5. The Morgan fingerprint density at radius 1 is 1.31 bits per heavy atom. The van der Waals surface area contributed by atoms with Crippen molar-refractivity contribution >= 4 is 11.5 Å². The van der Waals surface area contributed by atoms with Crippen LogP contribution in [0, 0.1) is 6.92 Å². The van der Waals surface area contributed by atoms with Crippen molar-refractivity contribution in [1.82, 2.24) is 0 Å². The van der Waals surface area contributed by atoms with Crippen LogP contribution in [0.25, 0.3) is 0 Å². The first-order valence-electron chi connectivity index (χ1n) is 4.27. The first-order valence-corrected chi connectivity index (χ1v) is 4.27. The molecule has 6 heteroatoms. The van der Waals surface area contributed by atoms with E-state index in [1.807, 2.05) is 0 Å². The Labute approximate surface area is 89.2 Å². The average molecular weight is 231 g/mol. The van der Waals surface area contributed by atoms with Crippen LogP contribution < -0.4 is 0 Å². The van der Waals surface area contributed by atoms with Crippen LogP contribution in [-0.2, 0) is 4.79 Å². The Balaban J connectivity index is 3.21. The lowest BCUT2D eigenvalue weighted by atomic mass is 10.0. The van der Waals surface area contributed by atoms with E-state index in [0.717, 1.165) is 0 Å². The monoisotopic (exact) mass is 231 g/mol. The van der Waals surface area contributed by atoms with Gasteiger partial charge in [-0.2, -0.15) is 13.2 Å². The highest BCUT2D eigenvalue weighted by molar-refractivity contribution is 6.48. The van der Waals surface area contributed by atoms with Crippen LogP contribution >= 0.6 is 0 Å². The lowest BCUT2D eigenvalue weighted by Crippen LogP contribution is -2.32. The predicted molar refractivity (Wildman–Crippen MR) is 50.6 cm³/mol. The first-order chi connectivity index (χ1) is 7.38. The van der Waals surface area contributed by atoms with Gasteiger partial charge in [0.1, 0.15) is 0 Å². The SMILES string of the molecule is Cc1ccccc1/C(=N\O)C(=O)C(F)(F)F. The number of ketones is 1. The second-order valence-corrected chi connectivity index (χ2v) is 3.09. The molecular weight excluding hydrogens is 223 g/mol. The van der Waals surface area contributed by atoms with Gasteiger partial charge in [-0.1, -0.05) is 29.4 Å². The van der Waals surface area contributed by atoms with Gasteiger partial charge in [-0.05, 0) is 12.5 Å². The Morgan fingerprint density at radius 3 is 2.31 bits per heavy atom. The number of rotatable bonds is 2. The van der Waals surface area contributed by atoms with Gasteiger partial charge in [0, 0.05) is 5.56 Å². The van der Waals surface area contributed by atoms with Crippen molar-refractivity contribution in [2.45, 2.75) is 13.1 Å². The van der Waals surface area contributed by atoms with Crippen LogP contribution in [-0.4, -0.2) is 22.9 Å². The number of hydrogen-bond acceptors (Lipinski definition) is 3. The number of nitrogens with zero attached hydrogens (tertiary/aromatic N) is 1. The summed E-state index contributed by atoms with van der Waals surface area (Å²) in [6, 6.07) is 5.86. The Kier molecular flexibility index (Phi) is 3.31. The molecule has 0 aliphatic carbocycles. The second-order valence-electron chi connectivity index (χ2n) is 3.09. The van der Waals surface area contributed by atoms with Crippen LogP contribution in [0.1, 0.15) is 11.1 Å². The molecule has 86 valence electrons. The van der Waals surface area contributed by atoms with Gasteiger partial charge in [0.25, 0.3) is 5.78 Å². The Morgan fingerprint density at radius 2 is 1.88 bits per heavy atom. The minimum atomic E-state index is -5.05. The van der Waals surface area contributed by atoms with Crippen molar-refractivity contribution in [1.29, 1.82) is 0 Å². The van der Waals surface area contributed by atoms with Crippen molar-refractivity contribution < 1.29 is 23.2 Å². The topological polar surface area (TPSA) is 49.7 Å². The fourth-order valence-corrected chi connectivity index (χ4v) is 1.19. The summed E-state index contributed by atoms with van der Waals surface area (Å²) in [4.78, 5) is 10.9. The molecule has 1 N–H and O–H groups in total. The number of halogens is 3. The number of benzene rings is 1. The van der Waals surface area contributed by atoms with Crippen molar-refractivity contribution in [2.24, 2.45) is 5.16 Å². The molecule has 0 unspecified atom stereocenters. The van der Waals surface area contributed by atoms with Crippen molar-refractivity contribution in [3.8, 4) is 0 Å². The van der Waals surface area contributed by atoms with Gasteiger partial charge in [-0.15, -0.1) is 0 Å². The molecule has 0 radical (unpaired) electrons. The summed E-state index contributed by atoms with van der Waals surface area (Å²) in [5.74, 6) is -2.16. The molecule has 0 spiro atoms. The van der Waals surface area contributed by atoms with E-state index < -0.39 is 17.7 Å². The van der Waals surface area contributed by atoms with Gasteiger partial charge in [0.2, 0.25) is 0 Å². The number of carbonyl (C=O) groups excluding carboxylic acids is 1. The fourth-order valence-electron chi connectivity index (χ4n) is 1.19. The molecule has 1 aromatic rings. The van der Waals surface area contributed by atoms with E-state index in [1.54, 1.807) is 6.07 Å². The molecule has 0 atom stereocenters. The summed E-state index contributed by atoms with van der Waals surface area (Å²) in [5.41, 5.74) is -0.606. The normalized spacial score (nSPS) is 12.6. The highest BCUT2D eigenvalue weighted by Crippen LogP contribution is 2.20. The summed E-state index contributed by atoms with van der Waals surface area (Å²) in [6.45, 7) is 1.52. The molecular formula is C10H8F3NO2. The van der Waals surface area contributed by atoms with Crippen molar-refractivity contribution in [3.05, 3.63) is 35.4 Å². The summed E-state index contributed by atoms with van der Waals surface area (Å²) in [7, 11) is 0. The van der Waals surface area contributed by atoms with Gasteiger partial charge in [0.15, 0.2) is 5.71 Å². The second kappa shape index (κ2) is 4.34. The minimum Gasteiger partial charge on any atom is -0.410 e. The largest absolute Gasteiger partial charge is 0.456 e. The van der Waals surface area contributed by atoms with E-state index in [-0.39, 0.29) is 5.56 Å². The summed E-state index contributed by atoms with van der Waals surface area (Å²) >= 11 is 0. The van der Waals surface area contributed by atoms with Crippen LogP contribution in [0.5, 0.6) is 0 Å².